The summed E-state index contributed by atoms with van der Waals surface area (Å²) in [5.74, 6) is 0.540. The fourth-order valence-electron chi connectivity index (χ4n) is 1.89. The van der Waals surface area contributed by atoms with Crippen LogP contribution in [0.3, 0.4) is 0 Å². The van der Waals surface area contributed by atoms with Gasteiger partial charge in [-0.2, -0.15) is 0 Å². The average molecular weight is 254 g/mol. The van der Waals surface area contributed by atoms with Crippen LogP contribution in [0.4, 0.5) is 10.1 Å². The zero-order valence-corrected chi connectivity index (χ0v) is 10.0. The lowest BCUT2D eigenvalue weighted by atomic mass is 10.2. The minimum absolute atomic E-state index is 0.328. The maximum Gasteiger partial charge on any atom is 0.132 e. The van der Waals surface area contributed by atoms with E-state index < -0.39 is 5.82 Å². The fraction of sp³-hybridized carbons (Fsp3) is 0. The first-order valence-corrected chi connectivity index (χ1v) is 5.79. The number of nitrogens with two attached hydrogens (primary N) is 1. The maximum absolute atomic E-state index is 13.2. The lowest BCUT2D eigenvalue weighted by Gasteiger charge is -2.07. The number of benzene rings is 2. The molecule has 4 heteroatoms. The molecular formula is C15H11FN2O. The summed E-state index contributed by atoms with van der Waals surface area (Å²) in [6.45, 7) is 0. The minimum Gasteiger partial charge on any atom is -0.457 e. The third-order valence-electron chi connectivity index (χ3n) is 2.71. The van der Waals surface area contributed by atoms with E-state index in [4.69, 9.17) is 10.5 Å². The molecule has 0 unspecified atom stereocenters. The van der Waals surface area contributed by atoms with Crippen LogP contribution in [0.5, 0.6) is 11.5 Å². The molecule has 19 heavy (non-hydrogen) atoms. The van der Waals surface area contributed by atoms with Gasteiger partial charge in [0.25, 0.3) is 0 Å². The average Bonchev–Trinajstić information content (AvgIpc) is 2.37. The number of aromatic nitrogens is 1. The Bertz CT molecular complexity index is 723. The van der Waals surface area contributed by atoms with Crippen molar-refractivity contribution in [3.8, 4) is 11.5 Å². The molecular weight excluding hydrogens is 243 g/mol. The number of nitrogen functional groups attached to an aromatic ring is 1. The van der Waals surface area contributed by atoms with E-state index in [-0.39, 0.29) is 0 Å². The van der Waals surface area contributed by atoms with Crippen molar-refractivity contribution in [2.24, 2.45) is 0 Å². The van der Waals surface area contributed by atoms with E-state index in [1.165, 1.54) is 12.1 Å². The molecule has 2 N–H and O–H groups in total. The molecule has 3 rings (SSSR count). The molecule has 0 saturated heterocycles. The molecule has 0 aliphatic heterocycles. The molecule has 0 spiro atoms. The second-order valence-electron chi connectivity index (χ2n) is 4.18. The standard InChI is InChI=1S/C15H11FN2O/c16-11-6-12(17)8-14(7-11)19-13-4-3-10-2-1-5-18-15(10)9-13/h1-9H,17H2. The molecule has 1 heterocycles. The monoisotopic (exact) mass is 254 g/mol. The van der Waals surface area contributed by atoms with Crippen molar-refractivity contribution in [1.82, 2.24) is 4.98 Å². The number of hydrogen-bond donors (Lipinski definition) is 1. The van der Waals surface area contributed by atoms with E-state index >= 15 is 0 Å². The Morgan fingerprint density at radius 2 is 1.89 bits per heavy atom. The highest BCUT2D eigenvalue weighted by molar-refractivity contribution is 5.79. The number of anilines is 1. The minimum atomic E-state index is -0.422. The largest absolute Gasteiger partial charge is 0.457 e. The molecule has 3 nitrogen and oxygen atoms in total. The van der Waals surface area contributed by atoms with E-state index in [9.17, 15) is 4.39 Å². The Hall–Kier alpha value is -2.62. The van der Waals surface area contributed by atoms with Crippen molar-refractivity contribution in [2.45, 2.75) is 0 Å². The van der Waals surface area contributed by atoms with Crippen LogP contribution >= 0.6 is 0 Å². The Morgan fingerprint density at radius 3 is 2.74 bits per heavy atom. The van der Waals surface area contributed by atoms with Gasteiger partial charge in [0.1, 0.15) is 17.3 Å². The first kappa shape index (κ1) is 11.5. The van der Waals surface area contributed by atoms with E-state index in [2.05, 4.69) is 4.98 Å². The summed E-state index contributed by atoms with van der Waals surface area (Å²) >= 11 is 0. The molecule has 94 valence electrons. The number of rotatable bonds is 2. The van der Waals surface area contributed by atoms with Gasteiger partial charge in [0.15, 0.2) is 0 Å². The Kier molecular flexibility index (Phi) is 2.76. The molecule has 1 aromatic heterocycles. The fourth-order valence-corrected chi connectivity index (χ4v) is 1.89. The molecule has 0 amide bonds. The van der Waals surface area contributed by atoms with Crippen molar-refractivity contribution in [3.05, 3.63) is 60.5 Å². The quantitative estimate of drug-likeness (QED) is 0.708. The summed E-state index contributed by atoms with van der Waals surface area (Å²) in [6.07, 6.45) is 1.71. The summed E-state index contributed by atoms with van der Waals surface area (Å²) in [7, 11) is 0. The summed E-state index contributed by atoms with van der Waals surface area (Å²) in [5, 5.41) is 1.02. The predicted octanol–water partition coefficient (Wildman–Crippen LogP) is 3.75. The van der Waals surface area contributed by atoms with Gasteiger partial charge in [0, 0.05) is 35.5 Å². The second kappa shape index (κ2) is 4.57. The number of ether oxygens (including phenoxy) is 1. The first-order chi connectivity index (χ1) is 9.20. The van der Waals surface area contributed by atoms with Crippen molar-refractivity contribution < 1.29 is 9.13 Å². The number of halogens is 1. The first-order valence-electron chi connectivity index (χ1n) is 5.79. The van der Waals surface area contributed by atoms with Gasteiger partial charge in [-0.3, -0.25) is 4.98 Å². The van der Waals surface area contributed by atoms with E-state index in [0.29, 0.717) is 17.2 Å². The van der Waals surface area contributed by atoms with Crippen LogP contribution in [0.1, 0.15) is 0 Å². The van der Waals surface area contributed by atoms with Crippen molar-refractivity contribution in [3.63, 3.8) is 0 Å². The SMILES string of the molecule is Nc1cc(F)cc(Oc2ccc3cccnc3c2)c1. The van der Waals surface area contributed by atoms with E-state index in [0.717, 1.165) is 10.9 Å². The Balaban J connectivity index is 1.96. The van der Waals surface area contributed by atoms with Crippen LogP contribution in [0, 0.1) is 5.82 Å². The number of hydrogen-bond acceptors (Lipinski definition) is 3. The zero-order chi connectivity index (χ0) is 13.2. The summed E-state index contributed by atoms with van der Waals surface area (Å²) in [6, 6.07) is 13.5. The van der Waals surface area contributed by atoms with E-state index in [1.807, 2.05) is 24.3 Å². The van der Waals surface area contributed by atoms with Crippen LogP contribution in [0.25, 0.3) is 10.9 Å². The molecule has 0 bridgehead atoms. The summed E-state index contributed by atoms with van der Waals surface area (Å²) in [5.41, 5.74) is 6.72. The third-order valence-corrected chi connectivity index (χ3v) is 2.71. The van der Waals surface area contributed by atoms with Crippen molar-refractivity contribution in [2.75, 3.05) is 5.73 Å². The molecule has 0 atom stereocenters. The van der Waals surface area contributed by atoms with Gasteiger partial charge < -0.3 is 10.5 Å². The Labute approximate surface area is 109 Å². The van der Waals surface area contributed by atoms with E-state index in [1.54, 1.807) is 18.3 Å². The Morgan fingerprint density at radius 1 is 1.00 bits per heavy atom. The molecule has 0 saturated carbocycles. The number of fused-ring (bicyclic) bond motifs is 1. The molecule has 0 radical (unpaired) electrons. The van der Waals surface area contributed by atoms with Gasteiger partial charge in [-0.05, 0) is 24.3 Å². The van der Waals surface area contributed by atoms with Crippen LogP contribution in [0.15, 0.2) is 54.7 Å². The highest BCUT2D eigenvalue weighted by atomic mass is 19.1. The van der Waals surface area contributed by atoms with Crippen LogP contribution < -0.4 is 10.5 Å². The van der Waals surface area contributed by atoms with Crippen LogP contribution in [-0.4, -0.2) is 4.98 Å². The number of pyridine rings is 1. The van der Waals surface area contributed by atoms with Crippen molar-refractivity contribution >= 4 is 16.6 Å². The third kappa shape index (κ3) is 2.47. The number of nitrogens with zero attached hydrogens (tertiary/aromatic N) is 1. The van der Waals surface area contributed by atoms with Gasteiger partial charge in [-0.1, -0.05) is 6.07 Å². The predicted molar refractivity (Wildman–Crippen MR) is 72.6 cm³/mol. The van der Waals surface area contributed by atoms with Crippen LogP contribution in [0.2, 0.25) is 0 Å². The van der Waals surface area contributed by atoms with Gasteiger partial charge in [-0.15, -0.1) is 0 Å². The zero-order valence-electron chi connectivity index (χ0n) is 10.0. The van der Waals surface area contributed by atoms with Crippen LogP contribution in [-0.2, 0) is 0 Å². The van der Waals surface area contributed by atoms with Gasteiger partial charge in [-0.25, -0.2) is 4.39 Å². The molecule has 3 aromatic rings. The van der Waals surface area contributed by atoms with Gasteiger partial charge >= 0.3 is 0 Å². The molecule has 2 aromatic carbocycles. The molecule has 0 aliphatic rings. The second-order valence-corrected chi connectivity index (χ2v) is 4.18. The van der Waals surface area contributed by atoms with Gasteiger partial charge in [0.05, 0.1) is 5.52 Å². The lowest BCUT2D eigenvalue weighted by molar-refractivity contribution is 0.478. The highest BCUT2D eigenvalue weighted by Gasteiger charge is 2.03. The molecule has 0 aliphatic carbocycles. The lowest BCUT2D eigenvalue weighted by Crippen LogP contribution is -1.90. The topological polar surface area (TPSA) is 48.1 Å². The molecule has 0 fully saturated rings. The summed E-state index contributed by atoms with van der Waals surface area (Å²) in [4.78, 5) is 4.24. The van der Waals surface area contributed by atoms with Gasteiger partial charge in [0.2, 0.25) is 0 Å². The summed E-state index contributed by atoms with van der Waals surface area (Å²) < 4.78 is 18.8. The maximum atomic E-state index is 13.2. The normalized spacial score (nSPS) is 10.6. The van der Waals surface area contributed by atoms with Crippen molar-refractivity contribution in [1.29, 1.82) is 0 Å². The smallest absolute Gasteiger partial charge is 0.132 e. The highest BCUT2D eigenvalue weighted by Crippen LogP contribution is 2.26.